The molecule has 0 aliphatic heterocycles. The molecule has 0 fully saturated rings. The molecule has 6 heteroatoms. The average molecular weight is 176 g/mol. The van der Waals surface area contributed by atoms with Gasteiger partial charge in [-0.2, -0.15) is 5.48 Å². The van der Waals surface area contributed by atoms with Crippen LogP contribution in [0.25, 0.3) is 0 Å². The van der Waals surface area contributed by atoms with Gasteiger partial charge < -0.3 is 15.6 Å². The van der Waals surface area contributed by atoms with Gasteiger partial charge in [-0.15, -0.1) is 0 Å². The fraction of sp³-hybridized carbons (Fsp3) is 0.667. The Bertz CT molecular complexity index is 171. The number of carboxylic acids is 1. The Hall–Kier alpha value is -1.14. The Balaban J connectivity index is 3.73. The van der Waals surface area contributed by atoms with E-state index in [1.165, 1.54) is 7.05 Å². The van der Waals surface area contributed by atoms with Crippen molar-refractivity contribution in [3.05, 3.63) is 0 Å². The molecule has 0 rings (SSSR count). The smallest absolute Gasteiger partial charge is 0.323 e. The Morgan fingerprint density at radius 3 is 2.42 bits per heavy atom. The zero-order valence-corrected chi connectivity index (χ0v) is 6.70. The van der Waals surface area contributed by atoms with Crippen LogP contribution in [0.4, 0.5) is 0 Å². The summed E-state index contributed by atoms with van der Waals surface area (Å²) in [7, 11) is 1.46. The first-order chi connectivity index (χ1) is 5.61. The van der Waals surface area contributed by atoms with Crippen molar-refractivity contribution in [2.24, 2.45) is 0 Å². The van der Waals surface area contributed by atoms with E-state index < -0.39 is 12.0 Å². The minimum Gasteiger partial charge on any atom is -0.480 e. The van der Waals surface area contributed by atoms with E-state index in [1.54, 1.807) is 5.48 Å². The van der Waals surface area contributed by atoms with E-state index in [0.29, 0.717) is 0 Å². The van der Waals surface area contributed by atoms with Crippen molar-refractivity contribution < 1.29 is 19.9 Å². The third-order valence-electron chi connectivity index (χ3n) is 1.39. The predicted molar refractivity (Wildman–Crippen MR) is 39.6 cm³/mol. The Kier molecular flexibility index (Phi) is 4.98. The van der Waals surface area contributed by atoms with E-state index in [1.807, 2.05) is 0 Å². The monoisotopic (exact) mass is 176 g/mol. The second-order valence-corrected chi connectivity index (χ2v) is 2.23. The second kappa shape index (κ2) is 5.50. The second-order valence-electron chi connectivity index (χ2n) is 2.23. The van der Waals surface area contributed by atoms with Crippen LogP contribution in [-0.2, 0) is 9.59 Å². The highest BCUT2D eigenvalue weighted by Gasteiger charge is 2.16. The molecule has 0 aliphatic carbocycles. The van der Waals surface area contributed by atoms with Crippen LogP contribution in [0, 0.1) is 0 Å². The summed E-state index contributed by atoms with van der Waals surface area (Å²) in [4.78, 5) is 20.9. The van der Waals surface area contributed by atoms with Crippen LogP contribution in [-0.4, -0.2) is 35.3 Å². The Morgan fingerprint density at radius 1 is 1.50 bits per heavy atom. The van der Waals surface area contributed by atoms with Crippen molar-refractivity contribution in [3.63, 3.8) is 0 Å². The molecule has 70 valence electrons. The average Bonchev–Trinajstić information content (AvgIpc) is 2.04. The van der Waals surface area contributed by atoms with Crippen LogP contribution in [0.1, 0.15) is 12.8 Å². The molecule has 0 radical (unpaired) electrons. The summed E-state index contributed by atoms with van der Waals surface area (Å²) in [5.74, 6) is -1.43. The van der Waals surface area contributed by atoms with E-state index in [0.717, 1.165) is 0 Å². The first-order valence-corrected chi connectivity index (χ1v) is 3.44. The van der Waals surface area contributed by atoms with Crippen molar-refractivity contribution in [1.82, 2.24) is 10.8 Å². The molecule has 1 atom stereocenters. The van der Waals surface area contributed by atoms with Crippen molar-refractivity contribution in [2.75, 3.05) is 7.05 Å². The van der Waals surface area contributed by atoms with Crippen LogP contribution >= 0.6 is 0 Å². The maximum absolute atomic E-state index is 10.6. The summed E-state index contributed by atoms with van der Waals surface area (Å²) in [5, 5.41) is 19.1. The van der Waals surface area contributed by atoms with E-state index in [4.69, 9.17) is 10.3 Å². The highest BCUT2D eigenvalue weighted by atomic mass is 16.5. The lowest BCUT2D eigenvalue weighted by Gasteiger charge is -2.08. The number of hydrogen-bond donors (Lipinski definition) is 4. The van der Waals surface area contributed by atoms with Crippen molar-refractivity contribution in [1.29, 1.82) is 0 Å². The topological polar surface area (TPSA) is 98.7 Å². The van der Waals surface area contributed by atoms with Gasteiger partial charge in [-0.05, 0) is 6.42 Å². The molecule has 0 spiro atoms. The minimum absolute atomic E-state index is 0.0610. The zero-order chi connectivity index (χ0) is 9.56. The minimum atomic E-state index is -1.18. The van der Waals surface area contributed by atoms with Gasteiger partial charge in [-0.3, -0.25) is 9.59 Å². The van der Waals surface area contributed by atoms with Crippen molar-refractivity contribution in [3.8, 4) is 0 Å². The normalized spacial score (nSPS) is 12.2. The lowest BCUT2D eigenvalue weighted by molar-refractivity contribution is -0.142. The van der Waals surface area contributed by atoms with Crippen LogP contribution in [0.3, 0.4) is 0 Å². The van der Waals surface area contributed by atoms with Crippen LogP contribution in [0.5, 0.6) is 0 Å². The van der Waals surface area contributed by atoms with Gasteiger partial charge in [0.05, 0.1) is 0 Å². The largest absolute Gasteiger partial charge is 0.480 e. The molecule has 0 aliphatic rings. The van der Waals surface area contributed by atoms with Gasteiger partial charge in [-0.25, -0.2) is 0 Å². The fourth-order valence-corrected chi connectivity index (χ4v) is 0.644. The van der Waals surface area contributed by atoms with E-state index >= 15 is 0 Å². The molecule has 0 aromatic heterocycles. The van der Waals surface area contributed by atoms with Gasteiger partial charge in [0.15, 0.2) is 0 Å². The molecule has 0 aromatic rings. The molecular formula is C6H12N2O4. The summed E-state index contributed by atoms with van der Waals surface area (Å²) >= 11 is 0. The third-order valence-corrected chi connectivity index (χ3v) is 1.39. The van der Waals surface area contributed by atoms with Gasteiger partial charge in [-0.1, -0.05) is 0 Å². The molecule has 0 saturated heterocycles. The number of carboxylic acid groups (broad SMARTS) is 1. The number of rotatable bonds is 5. The summed E-state index contributed by atoms with van der Waals surface area (Å²) in [6.45, 7) is 0. The van der Waals surface area contributed by atoms with Gasteiger partial charge in [0.25, 0.3) is 0 Å². The maximum atomic E-state index is 10.6. The molecular weight excluding hydrogens is 164 g/mol. The number of amides is 1. The van der Waals surface area contributed by atoms with Crippen molar-refractivity contribution in [2.45, 2.75) is 18.9 Å². The molecule has 0 aromatic carbocycles. The highest BCUT2D eigenvalue weighted by molar-refractivity contribution is 5.78. The molecule has 0 unspecified atom stereocenters. The van der Waals surface area contributed by atoms with E-state index in [9.17, 15) is 9.59 Å². The lowest BCUT2D eigenvalue weighted by Crippen LogP contribution is -2.35. The molecule has 0 heterocycles. The summed E-state index contributed by atoms with van der Waals surface area (Å²) in [6, 6.07) is -1.08. The molecule has 12 heavy (non-hydrogen) atoms. The van der Waals surface area contributed by atoms with E-state index in [-0.39, 0.29) is 18.7 Å². The quantitative estimate of drug-likeness (QED) is 0.400. The zero-order valence-electron chi connectivity index (χ0n) is 6.70. The number of carbonyl (C=O) groups excluding carboxylic acids is 1. The fourth-order valence-electron chi connectivity index (χ4n) is 0.644. The first kappa shape index (κ1) is 10.9. The number of hydrogen-bond acceptors (Lipinski definition) is 4. The molecule has 6 nitrogen and oxygen atoms in total. The lowest BCUT2D eigenvalue weighted by atomic mass is 10.1. The first-order valence-electron chi connectivity index (χ1n) is 3.44. The Labute approximate surface area is 69.5 Å². The van der Waals surface area contributed by atoms with Crippen LogP contribution in [0.2, 0.25) is 0 Å². The Morgan fingerprint density at radius 2 is 2.08 bits per heavy atom. The summed E-state index contributed by atoms with van der Waals surface area (Å²) < 4.78 is 0. The predicted octanol–water partition coefficient (Wildman–Crippen LogP) is -1.06. The third kappa shape index (κ3) is 3.89. The molecule has 1 amide bonds. The standard InChI is InChI=1S/C6H12N2O4/c1-7-5(9)3-2-4(8-12)6(10)11/h4,8,12H,2-3H2,1H3,(H,7,9)(H,10,11)/t4-/m1/s1. The number of nitrogens with one attached hydrogen (secondary N) is 2. The SMILES string of the molecule is CNC(=O)CC[C@@H](NO)C(=O)O. The van der Waals surface area contributed by atoms with Gasteiger partial charge in [0.2, 0.25) is 5.91 Å². The summed E-state index contributed by atoms with van der Waals surface area (Å²) in [5.41, 5.74) is 1.60. The van der Waals surface area contributed by atoms with E-state index in [2.05, 4.69) is 5.32 Å². The van der Waals surface area contributed by atoms with Gasteiger partial charge in [0.1, 0.15) is 6.04 Å². The summed E-state index contributed by atoms with van der Waals surface area (Å²) in [6.07, 6.45) is 0.131. The number of hydroxylamine groups is 1. The molecule has 0 saturated carbocycles. The molecule has 4 N–H and O–H groups in total. The van der Waals surface area contributed by atoms with Gasteiger partial charge >= 0.3 is 5.97 Å². The highest BCUT2D eigenvalue weighted by Crippen LogP contribution is 1.96. The number of carbonyl (C=O) groups is 2. The van der Waals surface area contributed by atoms with Gasteiger partial charge in [0, 0.05) is 13.5 Å². The molecule has 0 bridgehead atoms. The van der Waals surface area contributed by atoms with Crippen LogP contribution < -0.4 is 10.8 Å². The maximum Gasteiger partial charge on any atom is 0.323 e. The number of aliphatic carboxylic acids is 1. The van der Waals surface area contributed by atoms with Crippen LogP contribution in [0.15, 0.2) is 0 Å². The van der Waals surface area contributed by atoms with Crippen molar-refractivity contribution >= 4 is 11.9 Å².